The number of aryl methyl sites for hydroxylation is 4. The number of carbonyl (C=O) groups excluding carboxylic acids is 2. The maximum absolute atomic E-state index is 13.4. The number of aromatic nitrogens is 3. The third-order valence-electron chi connectivity index (χ3n) is 6.16. The lowest BCUT2D eigenvalue weighted by Gasteiger charge is -2.29. The number of benzene rings is 1. The summed E-state index contributed by atoms with van der Waals surface area (Å²) in [5.74, 6) is 0.462. The highest BCUT2D eigenvalue weighted by molar-refractivity contribution is 6.22. The van der Waals surface area contributed by atoms with Gasteiger partial charge in [-0.25, -0.2) is 9.69 Å². The summed E-state index contributed by atoms with van der Waals surface area (Å²) in [4.78, 5) is 29.5. The summed E-state index contributed by atoms with van der Waals surface area (Å²) in [6.45, 7) is 12.2. The molecule has 1 saturated heterocycles. The van der Waals surface area contributed by atoms with Gasteiger partial charge in [0.2, 0.25) is 0 Å². The molecule has 8 heteroatoms. The molecule has 31 heavy (non-hydrogen) atoms. The first-order chi connectivity index (χ1) is 14.6. The van der Waals surface area contributed by atoms with Crippen molar-refractivity contribution in [2.75, 3.05) is 4.90 Å². The minimum Gasteiger partial charge on any atom is -0.361 e. The van der Waals surface area contributed by atoms with E-state index in [1.165, 1.54) is 4.90 Å². The van der Waals surface area contributed by atoms with Gasteiger partial charge in [0, 0.05) is 18.3 Å². The highest BCUT2D eigenvalue weighted by Crippen LogP contribution is 2.34. The maximum Gasteiger partial charge on any atom is 0.332 e. The average Bonchev–Trinajstić information content (AvgIpc) is 3.33. The van der Waals surface area contributed by atoms with Crippen LogP contribution in [0.25, 0.3) is 0 Å². The Kier molecular flexibility index (Phi) is 4.95. The minimum absolute atomic E-state index is 0.263. The molecular formula is C23H27N5O3. The third-order valence-corrected chi connectivity index (χ3v) is 6.16. The molecule has 0 atom stereocenters. The largest absolute Gasteiger partial charge is 0.361 e. The van der Waals surface area contributed by atoms with Crippen molar-refractivity contribution in [3.63, 3.8) is 0 Å². The Balaban J connectivity index is 1.62. The van der Waals surface area contributed by atoms with Crippen molar-refractivity contribution in [2.45, 2.75) is 60.2 Å². The van der Waals surface area contributed by atoms with Crippen LogP contribution in [0.4, 0.5) is 10.5 Å². The Hall–Kier alpha value is -3.42. The lowest BCUT2D eigenvalue weighted by molar-refractivity contribution is -0.123. The number of nitrogens with zero attached hydrogens (tertiary/aromatic N) is 5. The highest BCUT2D eigenvalue weighted by atomic mass is 16.5. The zero-order valence-corrected chi connectivity index (χ0v) is 18.8. The van der Waals surface area contributed by atoms with Crippen LogP contribution >= 0.6 is 0 Å². The molecule has 1 aromatic carbocycles. The number of amides is 3. The second-order valence-corrected chi connectivity index (χ2v) is 8.64. The van der Waals surface area contributed by atoms with Gasteiger partial charge in [-0.1, -0.05) is 23.4 Å². The molecule has 3 aromatic rings. The first kappa shape index (κ1) is 20.8. The standard InChI is InChI=1S/C23H27N5O3/c1-14-8-7-9-15(2)19(14)13-27-22(30)28(21(29)23(27,5)6)18-10-24-26(11-18)12-20-16(3)25-31-17(20)4/h7-11H,12-13H2,1-6H3. The predicted molar refractivity (Wildman–Crippen MR) is 116 cm³/mol. The summed E-state index contributed by atoms with van der Waals surface area (Å²) in [5, 5.41) is 8.32. The topological polar surface area (TPSA) is 84.5 Å². The zero-order chi connectivity index (χ0) is 22.5. The zero-order valence-electron chi connectivity index (χ0n) is 18.8. The van der Waals surface area contributed by atoms with E-state index in [0.717, 1.165) is 33.7 Å². The number of urea groups is 1. The van der Waals surface area contributed by atoms with Crippen LogP contribution in [0.2, 0.25) is 0 Å². The van der Waals surface area contributed by atoms with E-state index in [9.17, 15) is 9.59 Å². The summed E-state index contributed by atoms with van der Waals surface area (Å²) in [7, 11) is 0. The van der Waals surface area contributed by atoms with Gasteiger partial charge in [0.25, 0.3) is 5.91 Å². The van der Waals surface area contributed by atoms with Crippen molar-refractivity contribution in [1.29, 1.82) is 0 Å². The van der Waals surface area contributed by atoms with E-state index < -0.39 is 5.54 Å². The molecule has 3 heterocycles. The van der Waals surface area contributed by atoms with E-state index in [2.05, 4.69) is 10.3 Å². The first-order valence-electron chi connectivity index (χ1n) is 10.3. The SMILES string of the molecule is Cc1cccc(C)c1CN1C(=O)N(c2cnn(Cc3c(C)noc3C)c2)C(=O)C1(C)C. The molecule has 0 saturated carbocycles. The fourth-order valence-electron chi connectivity index (χ4n) is 4.03. The van der Waals surface area contributed by atoms with Crippen LogP contribution in [0.1, 0.15) is 47.6 Å². The molecule has 162 valence electrons. The molecular weight excluding hydrogens is 394 g/mol. The van der Waals surface area contributed by atoms with Crippen LogP contribution < -0.4 is 4.90 Å². The number of anilines is 1. The fraction of sp³-hybridized carbons (Fsp3) is 0.391. The van der Waals surface area contributed by atoms with Crippen LogP contribution in [-0.2, 0) is 17.9 Å². The van der Waals surface area contributed by atoms with Crippen LogP contribution in [0, 0.1) is 27.7 Å². The van der Waals surface area contributed by atoms with Gasteiger partial charge >= 0.3 is 6.03 Å². The molecule has 4 rings (SSSR count). The van der Waals surface area contributed by atoms with Crippen LogP contribution in [0.5, 0.6) is 0 Å². The fourth-order valence-corrected chi connectivity index (χ4v) is 4.03. The van der Waals surface area contributed by atoms with Crippen molar-refractivity contribution < 1.29 is 14.1 Å². The summed E-state index contributed by atoms with van der Waals surface area (Å²) >= 11 is 0. The monoisotopic (exact) mass is 421 g/mol. The highest BCUT2D eigenvalue weighted by Gasteiger charge is 2.52. The lowest BCUT2D eigenvalue weighted by atomic mass is 9.99. The maximum atomic E-state index is 13.4. The van der Waals surface area contributed by atoms with Crippen molar-refractivity contribution in [1.82, 2.24) is 19.8 Å². The molecule has 1 aliphatic heterocycles. The molecule has 3 amide bonds. The Bertz CT molecular complexity index is 1130. The molecule has 0 aliphatic carbocycles. The number of imide groups is 1. The van der Waals surface area contributed by atoms with Crippen molar-refractivity contribution in [2.24, 2.45) is 0 Å². The van der Waals surface area contributed by atoms with Crippen LogP contribution in [-0.4, -0.2) is 37.3 Å². The third kappa shape index (κ3) is 3.41. The van der Waals surface area contributed by atoms with Crippen molar-refractivity contribution >= 4 is 17.6 Å². The van der Waals surface area contributed by atoms with Gasteiger partial charge < -0.3 is 9.42 Å². The number of rotatable bonds is 5. The second kappa shape index (κ2) is 7.37. The first-order valence-corrected chi connectivity index (χ1v) is 10.3. The molecule has 0 spiro atoms. The summed E-state index contributed by atoms with van der Waals surface area (Å²) in [5.41, 5.74) is 4.49. The Morgan fingerprint density at radius 2 is 1.68 bits per heavy atom. The molecule has 0 radical (unpaired) electrons. The van der Waals surface area contributed by atoms with Crippen molar-refractivity contribution in [3.05, 3.63) is 64.3 Å². The van der Waals surface area contributed by atoms with Gasteiger partial charge in [-0.05, 0) is 58.2 Å². The van der Waals surface area contributed by atoms with Gasteiger partial charge in [0.15, 0.2) is 0 Å². The molecule has 0 bridgehead atoms. The van der Waals surface area contributed by atoms with Crippen LogP contribution in [0.3, 0.4) is 0 Å². The average molecular weight is 422 g/mol. The number of hydrogen-bond donors (Lipinski definition) is 0. The Morgan fingerprint density at radius 3 is 2.29 bits per heavy atom. The molecule has 0 N–H and O–H groups in total. The van der Waals surface area contributed by atoms with Gasteiger partial charge in [0.1, 0.15) is 11.3 Å². The smallest absolute Gasteiger partial charge is 0.332 e. The van der Waals surface area contributed by atoms with E-state index in [1.54, 1.807) is 35.8 Å². The quantitative estimate of drug-likeness (QED) is 0.584. The number of carbonyl (C=O) groups is 2. The van der Waals surface area contributed by atoms with Crippen molar-refractivity contribution in [3.8, 4) is 0 Å². The van der Waals surface area contributed by atoms with E-state index in [4.69, 9.17) is 4.52 Å². The lowest BCUT2D eigenvalue weighted by Crippen LogP contribution is -2.43. The number of hydrogen-bond acceptors (Lipinski definition) is 5. The van der Waals surface area contributed by atoms with E-state index in [1.807, 2.05) is 45.9 Å². The summed E-state index contributed by atoms with van der Waals surface area (Å²) in [6.07, 6.45) is 3.26. The van der Waals surface area contributed by atoms with Crippen LogP contribution in [0.15, 0.2) is 35.1 Å². The van der Waals surface area contributed by atoms with Gasteiger partial charge in [-0.15, -0.1) is 0 Å². The predicted octanol–water partition coefficient (Wildman–Crippen LogP) is 3.90. The van der Waals surface area contributed by atoms with Gasteiger partial charge in [-0.2, -0.15) is 5.10 Å². The van der Waals surface area contributed by atoms with Gasteiger partial charge in [-0.3, -0.25) is 9.48 Å². The normalized spacial score (nSPS) is 15.9. The van der Waals surface area contributed by atoms with E-state index in [0.29, 0.717) is 18.8 Å². The summed E-state index contributed by atoms with van der Waals surface area (Å²) in [6, 6.07) is 5.70. The molecule has 2 aromatic heterocycles. The molecule has 1 fully saturated rings. The second-order valence-electron chi connectivity index (χ2n) is 8.64. The molecule has 8 nitrogen and oxygen atoms in total. The van der Waals surface area contributed by atoms with E-state index in [-0.39, 0.29) is 11.9 Å². The Morgan fingerprint density at radius 1 is 1.00 bits per heavy atom. The minimum atomic E-state index is -0.963. The van der Waals surface area contributed by atoms with Gasteiger partial charge in [0.05, 0.1) is 24.1 Å². The molecule has 0 unspecified atom stereocenters. The summed E-state index contributed by atoms with van der Waals surface area (Å²) < 4.78 is 6.89. The van der Waals surface area contributed by atoms with E-state index >= 15 is 0 Å². The molecule has 1 aliphatic rings. The Labute approximate surface area is 181 Å².